The minimum Gasteiger partial charge on any atom is -0.0610 e. The molecule has 0 spiro atoms. The number of fused-ring (bicyclic) bond motifs is 2. The van der Waals surface area contributed by atoms with Crippen molar-refractivity contribution < 1.29 is 0 Å². The Bertz CT molecular complexity index is 2520. The molecule has 10 aromatic carbocycles. The lowest BCUT2D eigenvalue weighted by molar-refractivity contribution is 1.33. The highest BCUT2D eigenvalue weighted by Crippen LogP contribution is 2.56. The van der Waals surface area contributed by atoms with Crippen LogP contribution in [0.2, 0.25) is 0 Å². The van der Waals surface area contributed by atoms with Gasteiger partial charge in [-0.1, -0.05) is 108 Å². The summed E-state index contributed by atoms with van der Waals surface area (Å²) in [4.78, 5) is 0. The predicted molar refractivity (Wildman–Crippen MR) is 202 cm³/mol. The van der Waals surface area contributed by atoms with Gasteiger partial charge in [0.2, 0.25) is 0 Å². The summed E-state index contributed by atoms with van der Waals surface area (Å²) in [6, 6.07) is 37.6. The Kier molecular flexibility index (Phi) is 4.95. The number of aryl methyl sites for hydroxylation is 6. The van der Waals surface area contributed by atoms with Gasteiger partial charge in [0.25, 0.3) is 0 Å². The zero-order chi connectivity index (χ0) is 31.2. The van der Waals surface area contributed by atoms with Crippen LogP contribution in [-0.4, -0.2) is 0 Å². The number of benzene rings is 10. The molecule has 0 aromatic heterocycles. The standard InChI is InChI=1S/C46H34/c1-23-19-25(3)37(26(4)20-23)43-33-15-7-11-29-31-13-9-17-35-41(31)46-42-32(30-12-8-16-34(43)40(30)45(46)39(29)33)14-10-18-36(42)44(35)38-27(5)21-24(2)22-28(38)6/h7-22H,1-6H3. The van der Waals surface area contributed by atoms with Crippen LogP contribution in [0.4, 0.5) is 0 Å². The van der Waals surface area contributed by atoms with E-state index in [4.69, 9.17) is 0 Å². The first-order valence-electron chi connectivity index (χ1n) is 16.5. The van der Waals surface area contributed by atoms with E-state index in [0.717, 1.165) is 0 Å². The molecule has 0 aliphatic heterocycles. The van der Waals surface area contributed by atoms with Gasteiger partial charge in [-0.2, -0.15) is 0 Å². The van der Waals surface area contributed by atoms with E-state index < -0.39 is 0 Å². The Morgan fingerprint density at radius 2 is 0.500 bits per heavy atom. The van der Waals surface area contributed by atoms with Crippen LogP contribution in [0.1, 0.15) is 33.4 Å². The topological polar surface area (TPSA) is 0 Å². The number of hydrogen-bond acceptors (Lipinski definition) is 0. The van der Waals surface area contributed by atoms with Gasteiger partial charge >= 0.3 is 0 Å². The molecule has 0 amide bonds. The minimum absolute atomic E-state index is 1.32. The summed E-state index contributed by atoms with van der Waals surface area (Å²) >= 11 is 0. The maximum Gasteiger partial charge on any atom is -0.0000929 e. The molecule has 46 heavy (non-hydrogen) atoms. The average Bonchev–Trinajstić information content (AvgIpc) is 3.03. The zero-order valence-electron chi connectivity index (χ0n) is 27.2. The first kappa shape index (κ1) is 26.1. The average molecular weight is 587 g/mol. The van der Waals surface area contributed by atoms with E-state index in [0.29, 0.717) is 0 Å². The third-order valence-electron chi connectivity index (χ3n) is 11.0. The Balaban J connectivity index is 1.57. The van der Waals surface area contributed by atoms with Crippen molar-refractivity contribution in [3.05, 3.63) is 130 Å². The van der Waals surface area contributed by atoms with E-state index in [1.165, 1.54) is 131 Å². The van der Waals surface area contributed by atoms with E-state index in [-0.39, 0.29) is 0 Å². The van der Waals surface area contributed by atoms with E-state index in [1.54, 1.807) is 0 Å². The van der Waals surface area contributed by atoms with Crippen molar-refractivity contribution in [2.24, 2.45) is 0 Å². The second-order valence-corrected chi connectivity index (χ2v) is 14.0. The predicted octanol–water partition coefficient (Wildman–Crippen LogP) is 13.3. The maximum absolute atomic E-state index is 2.38. The summed E-state index contributed by atoms with van der Waals surface area (Å²) in [6.07, 6.45) is 0. The molecular formula is C46H34. The monoisotopic (exact) mass is 586 g/mol. The Morgan fingerprint density at radius 3 is 0.761 bits per heavy atom. The molecule has 0 heteroatoms. The third-order valence-corrected chi connectivity index (χ3v) is 11.0. The van der Waals surface area contributed by atoms with Crippen molar-refractivity contribution in [3.63, 3.8) is 0 Å². The molecule has 0 radical (unpaired) electrons. The molecule has 0 bridgehead atoms. The number of rotatable bonds is 2. The van der Waals surface area contributed by atoms with Crippen molar-refractivity contribution in [3.8, 4) is 22.3 Å². The van der Waals surface area contributed by atoms with Crippen LogP contribution < -0.4 is 0 Å². The normalized spacial score (nSPS) is 12.6. The van der Waals surface area contributed by atoms with E-state index in [9.17, 15) is 0 Å². The lowest BCUT2D eigenvalue weighted by Crippen LogP contribution is -2.00. The van der Waals surface area contributed by atoms with Gasteiger partial charge in [0.1, 0.15) is 0 Å². The molecular weight excluding hydrogens is 553 g/mol. The summed E-state index contributed by atoms with van der Waals surface area (Å²) in [6.45, 7) is 13.6. The SMILES string of the molecule is Cc1cc(C)c(-c2c3cccc4c5cccc6c(-c7c(C)cc(C)cc7C)c7cccc8c9cccc2c9c(c34)c(c65)c78)c(C)c1. The largest absolute Gasteiger partial charge is 0.0610 e. The second-order valence-electron chi connectivity index (χ2n) is 14.0. The quantitative estimate of drug-likeness (QED) is 0.140. The Morgan fingerprint density at radius 1 is 0.261 bits per heavy atom. The highest BCUT2D eigenvalue weighted by atomic mass is 14.3. The van der Waals surface area contributed by atoms with Crippen molar-refractivity contribution in [1.82, 2.24) is 0 Å². The van der Waals surface area contributed by atoms with Gasteiger partial charge in [-0.25, -0.2) is 0 Å². The summed E-state index contributed by atoms with van der Waals surface area (Å²) in [7, 11) is 0. The summed E-state index contributed by atoms with van der Waals surface area (Å²) in [5, 5.41) is 19.3. The second kappa shape index (κ2) is 8.74. The van der Waals surface area contributed by atoms with Crippen molar-refractivity contribution in [2.75, 3.05) is 0 Å². The summed E-state index contributed by atoms with van der Waals surface area (Å²) < 4.78 is 0. The van der Waals surface area contributed by atoms with E-state index in [1.807, 2.05) is 0 Å². The maximum atomic E-state index is 2.38. The first-order valence-corrected chi connectivity index (χ1v) is 16.5. The summed E-state index contributed by atoms with van der Waals surface area (Å²) in [5.74, 6) is 0. The zero-order valence-corrected chi connectivity index (χ0v) is 27.2. The lowest BCUT2D eigenvalue weighted by atomic mass is 9.75. The molecule has 218 valence electrons. The molecule has 0 saturated carbocycles. The van der Waals surface area contributed by atoms with Crippen LogP contribution in [0.3, 0.4) is 0 Å². The van der Waals surface area contributed by atoms with Crippen LogP contribution in [0.25, 0.3) is 97.7 Å². The fourth-order valence-corrected chi connectivity index (χ4v) is 9.75. The van der Waals surface area contributed by atoms with Gasteiger partial charge in [0, 0.05) is 0 Å². The van der Waals surface area contributed by atoms with Crippen LogP contribution in [0, 0.1) is 41.5 Å². The molecule has 0 atom stereocenters. The van der Waals surface area contributed by atoms with Crippen LogP contribution in [-0.2, 0) is 0 Å². The van der Waals surface area contributed by atoms with Gasteiger partial charge in [0.05, 0.1) is 0 Å². The summed E-state index contributed by atoms with van der Waals surface area (Å²) in [5.41, 5.74) is 13.5. The van der Waals surface area contributed by atoms with E-state index in [2.05, 4.69) is 139 Å². The Hall–Kier alpha value is -5.20. The smallest absolute Gasteiger partial charge is 0.0000929 e. The molecule has 0 aliphatic carbocycles. The number of hydrogen-bond donors (Lipinski definition) is 0. The van der Waals surface area contributed by atoms with E-state index >= 15 is 0 Å². The lowest BCUT2D eigenvalue weighted by Gasteiger charge is -2.27. The third kappa shape index (κ3) is 3.05. The molecule has 0 saturated heterocycles. The molecule has 10 aromatic rings. The van der Waals surface area contributed by atoms with Crippen LogP contribution >= 0.6 is 0 Å². The highest BCUT2D eigenvalue weighted by molar-refractivity contribution is 6.51. The van der Waals surface area contributed by atoms with Gasteiger partial charge in [-0.15, -0.1) is 0 Å². The van der Waals surface area contributed by atoms with Crippen LogP contribution in [0.5, 0.6) is 0 Å². The fourth-order valence-electron chi connectivity index (χ4n) is 9.75. The van der Waals surface area contributed by atoms with Gasteiger partial charge in [0.15, 0.2) is 0 Å². The molecule has 0 unspecified atom stereocenters. The molecule has 0 nitrogen and oxygen atoms in total. The van der Waals surface area contributed by atoms with Gasteiger partial charge < -0.3 is 0 Å². The molecule has 0 aliphatic rings. The minimum atomic E-state index is 1.32. The van der Waals surface area contributed by atoms with Gasteiger partial charge in [-0.05, 0) is 161 Å². The highest BCUT2D eigenvalue weighted by Gasteiger charge is 2.28. The molecule has 10 rings (SSSR count). The van der Waals surface area contributed by atoms with Crippen molar-refractivity contribution in [1.29, 1.82) is 0 Å². The van der Waals surface area contributed by atoms with Crippen LogP contribution in [0.15, 0.2) is 97.1 Å². The fraction of sp³-hybridized carbons (Fsp3) is 0.130. The molecule has 0 N–H and O–H groups in total. The molecule has 0 fully saturated rings. The Labute approximate surface area is 268 Å². The van der Waals surface area contributed by atoms with Crippen molar-refractivity contribution >= 4 is 75.4 Å². The van der Waals surface area contributed by atoms with Gasteiger partial charge in [-0.3, -0.25) is 0 Å². The molecule has 0 heterocycles. The van der Waals surface area contributed by atoms with Crippen molar-refractivity contribution in [2.45, 2.75) is 41.5 Å². The first-order chi connectivity index (χ1) is 22.3.